The van der Waals surface area contributed by atoms with Gasteiger partial charge in [0.25, 0.3) is 5.91 Å². The first-order valence-electron chi connectivity index (χ1n) is 10.9. The molecule has 2 fully saturated rings. The normalized spacial score (nSPS) is 25.2. The second kappa shape index (κ2) is 9.79. The van der Waals surface area contributed by atoms with E-state index in [1.54, 1.807) is 0 Å². The molecule has 0 unspecified atom stereocenters. The van der Waals surface area contributed by atoms with Gasteiger partial charge >= 0.3 is 6.09 Å². The number of piperazine rings is 1. The van der Waals surface area contributed by atoms with Gasteiger partial charge in [-0.05, 0) is 46.1 Å². The van der Waals surface area contributed by atoms with Gasteiger partial charge in [-0.15, -0.1) is 0 Å². The standard InChI is InChI=1S/C23H35N3O4/c1-17-15-25(16-18-8-6-5-7-9-18)12-13-26(17)21(27)20-11-10-19(29-20)14-24-22(28)30-23(2,3)4/h5-9,17,19-20H,10-16H2,1-4H3,(H,24,28)/t17-,19-,20+/m1/s1. The average molecular weight is 418 g/mol. The molecule has 1 aromatic rings. The number of ether oxygens (including phenoxy) is 2. The summed E-state index contributed by atoms with van der Waals surface area (Å²) in [6.45, 7) is 11.3. The Morgan fingerprint density at radius 3 is 2.57 bits per heavy atom. The molecule has 2 saturated heterocycles. The highest BCUT2D eigenvalue weighted by molar-refractivity contribution is 5.81. The van der Waals surface area contributed by atoms with E-state index in [4.69, 9.17) is 9.47 Å². The van der Waals surface area contributed by atoms with E-state index in [0.717, 1.165) is 26.1 Å². The molecule has 1 aromatic carbocycles. The number of nitrogens with one attached hydrogen (secondary N) is 1. The van der Waals surface area contributed by atoms with Crippen LogP contribution in [0.5, 0.6) is 0 Å². The molecule has 166 valence electrons. The summed E-state index contributed by atoms with van der Waals surface area (Å²) >= 11 is 0. The molecule has 7 nitrogen and oxygen atoms in total. The van der Waals surface area contributed by atoms with E-state index >= 15 is 0 Å². The van der Waals surface area contributed by atoms with Crippen LogP contribution in [0.15, 0.2) is 30.3 Å². The molecule has 7 heteroatoms. The third-order valence-electron chi connectivity index (χ3n) is 5.50. The van der Waals surface area contributed by atoms with Crippen molar-refractivity contribution < 1.29 is 19.1 Å². The largest absolute Gasteiger partial charge is 0.444 e. The van der Waals surface area contributed by atoms with Crippen LogP contribution in [0.2, 0.25) is 0 Å². The molecule has 0 spiro atoms. The molecule has 2 aliphatic heterocycles. The Hall–Kier alpha value is -2.12. The van der Waals surface area contributed by atoms with E-state index in [1.807, 2.05) is 31.7 Å². The predicted octanol–water partition coefficient (Wildman–Crippen LogP) is 2.79. The Labute approximate surface area is 179 Å². The fourth-order valence-corrected chi connectivity index (χ4v) is 4.08. The average Bonchev–Trinajstić information content (AvgIpc) is 3.15. The van der Waals surface area contributed by atoms with Gasteiger partial charge in [-0.2, -0.15) is 0 Å². The summed E-state index contributed by atoms with van der Waals surface area (Å²) in [7, 11) is 0. The first-order valence-corrected chi connectivity index (χ1v) is 10.9. The number of carbonyl (C=O) groups excluding carboxylic acids is 2. The maximum atomic E-state index is 13.0. The first-order chi connectivity index (χ1) is 14.2. The number of hydrogen-bond donors (Lipinski definition) is 1. The van der Waals surface area contributed by atoms with Crippen molar-refractivity contribution in [2.24, 2.45) is 0 Å². The van der Waals surface area contributed by atoms with Gasteiger partial charge in [-0.25, -0.2) is 4.79 Å². The van der Waals surface area contributed by atoms with E-state index in [-0.39, 0.29) is 18.1 Å². The predicted molar refractivity (Wildman–Crippen MR) is 115 cm³/mol. The van der Waals surface area contributed by atoms with Crippen molar-refractivity contribution in [3.63, 3.8) is 0 Å². The Morgan fingerprint density at radius 1 is 1.17 bits per heavy atom. The quantitative estimate of drug-likeness (QED) is 0.798. The van der Waals surface area contributed by atoms with Crippen LogP contribution in [-0.4, -0.2) is 71.8 Å². The zero-order valence-corrected chi connectivity index (χ0v) is 18.6. The topological polar surface area (TPSA) is 71.1 Å². The highest BCUT2D eigenvalue weighted by Gasteiger charge is 2.37. The van der Waals surface area contributed by atoms with E-state index < -0.39 is 17.8 Å². The molecule has 2 amide bonds. The number of hydrogen-bond acceptors (Lipinski definition) is 5. The SMILES string of the molecule is C[C@@H]1CN(Cc2ccccc2)CCN1C(=O)[C@@H]1CC[C@H](CNC(=O)OC(C)(C)C)O1. The molecule has 2 heterocycles. The summed E-state index contributed by atoms with van der Waals surface area (Å²) in [5.74, 6) is 0.0710. The van der Waals surface area contributed by atoms with Crippen LogP contribution >= 0.6 is 0 Å². The minimum atomic E-state index is -0.530. The van der Waals surface area contributed by atoms with Crippen molar-refractivity contribution in [3.05, 3.63) is 35.9 Å². The summed E-state index contributed by atoms with van der Waals surface area (Å²) in [6, 6.07) is 10.6. The third-order valence-corrected chi connectivity index (χ3v) is 5.50. The summed E-state index contributed by atoms with van der Waals surface area (Å²) in [6.07, 6.45) is 0.425. The maximum absolute atomic E-state index is 13.0. The molecule has 30 heavy (non-hydrogen) atoms. The fourth-order valence-electron chi connectivity index (χ4n) is 4.08. The molecule has 0 bridgehead atoms. The van der Waals surface area contributed by atoms with Crippen LogP contribution in [-0.2, 0) is 20.8 Å². The van der Waals surface area contributed by atoms with Crippen LogP contribution in [0.4, 0.5) is 4.79 Å². The lowest BCUT2D eigenvalue weighted by atomic mass is 10.1. The van der Waals surface area contributed by atoms with Crippen LogP contribution in [0.1, 0.15) is 46.1 Å². The number of alkyl carbamates (subject to hydrolysis) is 1. The Kier molecular flexibility index (Phi) is 7.36. The van der Waals surface area contributed by atoms with Crippen molar-refractivity contribution in [2.75, 3.05) is 26.2 Å². The number of nitrogens with zero attached hydrogens (tertiary/aromatic N) is 2. The Balaban J connectivity index is 1.43. The molecule has 0 radical (unpaired) electrons. The van der Waals surface area contributed by atoms with Crippen molar-refractivity contribution in [1.82, 2.24) is 15.1 Å². The minimum absolute atomic E-state index is 0.0710. The van der Waals surface area contributed by atoms with Gasteiger partial charge in [0.2, 0.25) is 0 Å². The molecule has 0 saturated carbocycles. The second-order valence-corrected chi connectivity index (χ2v) is 9.31. The van der Waals surface area contributed by atoms with Crippen LogP contribution in [0.3, 0.4) is 0 Å². The van der Waals surface area contributed by atoms with Crippen LogP contribution in [0, 0.1) is 0 Å². The van der Waals surface area contributed by atoms with Crippen LogP contribution in [0.25, 0.3) is 0 Å². The lowest BCUT2D eigenvalue weighted by Crippen LogP contribution is -2.56. The van der Waals surface area contributed by atoms with Gasteiger partial charge in [0.05, 0.1) is 6.10 Å². The highest BCUT2D eigenvalue weighted by atomic mass is 16.6. The third kappa shape index (κ3) is 6.44. The molecule has 1 N–H and O–H groups in total. The van der Waals surface area contributed by atoms with Crippen molar-refractivity contribution in [1.29, 1.82) is 0 Å². The van der Waals surface area contributed by atoms with Gasteiger partial charge in [0.1, 0.15) is 11.7 Å². The van der Waals surface area contributed by atoms with Gasteiger partial charge < -0.3 is 19.7 Å². The molecule has 0 aliphatic carbocycles. The molecule has 3 atom stereocenters. The summed E-state index contributed by atoms with van der Waals surface area (Å²) in [4.78, 5) is 29.2. The monoisotopic (exact) mass is 417 g/mol. The van der Waals surface area contributed by atoms with E-state index in [0.29, 0.717) is 19.5 Å². The van der Waals surface area contributed by atoms with E-state index in [1.165, 1.54) is 5.56 Å². The van der Waals surface area contributed by atoms with Crippen molar-refractivity contribution in [3.8, 4) is 0 Å². The van der Waals surface area contributed by atoms with E-state index in [2.05, 4.69) is 41.4 Å². The number of rotatable bonds is 5. The maximum Gasteiger partial charge on any atom is 0.407 e. The van der Waals surface area contributed by atoms with Crippen molar-refractivity contribution in [2.45, 2.75) is 70.9 Å². The summed E-state index contributed by atoms with van der Waals surface area (Å²) in [5.41, 5.74) is 0.765. The lowest BCUT2D eigenvalue weighted by Gasteiger charge is -2.40. The van der Waals surface area contributed by atoms with Gasteiger partial charge in [0.15, 0.2) is 0 Å². The number of benzene rings is 1. The van der Waals surface area contributed by atoms with Crippen molar-refractivity contribution >= 4 is 12.0 Å². The van der Waals surface area contributed by atoms with Crippen LogP contribution < -0.4 is 5.32 Å². The highest BCUT2D eigenvalue weighted by Crippen LogP contribution is 2.23. The summed E-state index contributed by atoms with van der Waals surface area (Å²) in [5, 5.41) is 2.74. The van der Waals surface area contributed by atoms with Gasteiger partial charge in [-0.3, -0.25) is 9.69 Å². The molecule has 3 rings (SSSR count). The van der Waals surface area contributed by atoms with E-state index in [9.17, 15) is 9.59 Å². The molecular weight excluding hydrogens is 382 g/mol. The Bertz CT molecular complexity index is 719. The minimum Gasteiger partial charge on any atom is -0.444 e. The zero-order valence-electron chi connectivity index (χ0n) is 18.6. The molecule has 0 aromatic heterocycles. The molecule has 2 aliphatic rings. The second-order valence-electron chi connectivity index (χ2n) is 9.31. The number of carbonyl (C=O) groups is 2. The van der Waals surface area contributed by atoms with Gasteiger partial charge in [0, 0.05) is 38.8 Å². The Morgan fingerprint density at radius 2 is 1.90 bits per heavy atom. The summed E-state index contributed by atoms with van der Waals surface area (Å²) < 4.78 is 11.2. The number of amides is 2. The zero-order chi connectivity index (χ0) is 21.7. The lowest BCUT2D eigenvalue weighted by molar-refractivity contribution is -0.147. The first kappa shape index (κ1) is 22.6. The van der Waals surface area contributed by atoms with Gasteiger partial charge in [-0.1, -0.05) is 30.3 Å². The fraction of sp³-hybridized carbons (Fsp3) is 0.652. The molecular formula is C23H35N3O4. The smallest absolute Gasteiger partial charge is 0.407 e.